The molecule has 0 unspecified atom stereocenters. The average Bonchev–Trinajstić information content (AvgIpc) is 2.28. The van der Waals surface area contributed by atoms with Crippen molar-refractivity contribution < 1.29 is 13.2 Å². The van der Waals surface area contributed by atoms with Crippen LogP contribution in [0.3, 0.4) is 0 Å². The van der Waals surface area contributed by atoms with Crippen LogP contribution in [0, 0.1) is 0 Å². The third-order valence-electron chi connectivity index (χ3n) is 2.25. The van der Waals surface area contributed by atoms with E-state index in [2.05, 4.69) is 11.9 Å². The molecule has 0 aliphatic carbocycles. The first-order valence-electron chi connectivity index (χ1n) is 5.13. The summed E-state index contributed by atoms with van der Waals surface area (Å²) in [6.07, 6.45) is 3.04. The Balaban J connectivity index is 2.57. The lowest BCUT2D eigenvalue weighted by atomic mass is 10.1. The number of nitrogens with one attached hydrogen (secondary N) is 1. The number of hydrogen-bond donors (Lipinski definition) is 1. The first kappa shape index (κ1) is 13.4. The molecule has 0 saturated heterocycles. The van der Waals surface area contributed by atoms with Crippen LogP contribution in [0.5, 0.6) is 0 Å². The van der Waals surface area contributed by atoms with Crippen LogP contribution in [0.25, 0.3) is 0 Å². The zero-order chi connectivity index (χ0) is 12.9. The minimum absolute atomic E-state index is 0.210. The normalized spacial score (nSPS) is 10.9. The highest BCUT2D eigenvalue weighted by Crippen LogP contribution is 2.10. The Morgan fingerprint density at radius 1 is 1.35 bits per heavy atom. The highest BCUT2D eigenvalue weighted by molar-refractivity contribution is 7.90. The molecule has 0 bridgehead atoms. The molecule has 5 heteroatoms. The lowest BCUT2D eigenvalue weighted by molar-refractivity contribution is -0.116. The van der Waals surface area contributed by atoms with Gasteiger partial charge in [0.1, 0.15) is 0 Å². The number of rotatable bonds is 5. The fraction of sp³-hybridized carbons (Fsp3) is 0.250. The van der Waals surface area contributed by atoms with Crippen molar-refractivity contribution in [2.24, 2.45) is 0 Å². The molecule has 1 N–H and O–H groups in total. The summed E-state index contributed by atoms with van der Waals surface area (Å²) in [5.41, 5.74) is 0.974. The Kier molecular flexibility index (Phi) is 4.45. The maximum atomic E-state index is 11.2. The predicted molar refractivity (Wildman–Crippen MR) is 66.5 cm³/mol. The predicted octanol–water partition coefficient (Wildman–Crippen LogP) is 0.935. The van der Waals surface area contributed by atoms with E-state index < -0.39 is 9.84 Å². The smallest absolute Gasteiger partial charge is 0.243 e. The van der Waals surface area contributed by atoms with E-state index in [0.717, 1.165) is 5.56 Å². The summed E-state index contributed by atoms with van der Waals surface area (Å²) < 4.78 is 22.4. The van der Waals surface area contributed by atoms with Gasteiger partial charge in [0, 0.05) is 12.8 Å². The van der Waals surface area contributed by atoms with Crippen molar-refractivity contribution in [2.75, 3.05) is 12.8 Å². The maximum absolute atomic E-state index is 11.2. The lowest BCUT2D eigenvalue weighted by Gasteiger charge is -2.04. The SMILES string of the molecule is C=CC(=O)NCCc1ccc(S(C)(=O)=O)cc1. The summed E-state index contributed by atoms with van der Waals surface area (Å²) in [5.74, 6) is -0.210. The second kappa shape index (κ2) is 5.63. The molecular weight excluding hydrogens is 238 g/mol. The summed E-state index contributed by atoms with van der Waals surface area (Å²) in [6, 6.07) is 6.63. The van der Waals surface area contributed by atoms with Gasteiger partial charge >= 0.3 is 0 Å². The van der Waals surface area contributed by atoms with Crippen molar-refractivity contribution in [3.63, 3.8) is 0 Å². The molecule has 0 fully saturated rings. The van der Waals surface area contributed by atoms with Crippen LogP contribution in [-0.2, 0) is 21.1 Å². The topological polar surface area (TPSA) is 63.2 Å². The Morgan fingerprint density at radius 3 is 2.41 bits per heavy atom. The number of benzene rings is 1. The molecular formula is C12H15NO3S. The molecule has 1 amide bonds. The fourth-order valence-corrected chi connectivity index (χ4v) is 1.94. The van der Waals surface area contributed by atoms with E-state index in [1.54, 1.807) is 24.3 Å². The molecule has 0 atom stereocenters. The minimum atomic E-state index is -3.14. The van der Waals surface area contributed by atoms with Crippen LogP contribution < -0.4 is 5.32 Å². The summed E-state index contributed by atoms with van der Waals surface area (Å²) >= 11 is 0. The first-order chi connectivity index (χ1) is 7.93. The highest BCUT2D eigenvalue weighted by Gasteiger charge is 2.05. The number of sulfone groups is 1. The lowest BCUT2D eigenvalue weighted by Crippen LogP contribution is -2.23. The van der Waals surface area contributed by atoms with E-state index in [4.69, 9.17) is 0 Å². The highest BCUT2D eigenvalue weighted by atomic mass is 32.2. The third-order valence-corrected chi connectivity index (χ3v) is 3.38. The Morgan fingerprint density at radius 2 is 1.94 bits per heavy atom. The van der Waals surface area contributed by atoms with E-state index in [1.165, 1.54) is 12.3 Å². The van der Waals surface area contributed by atoms with E-state index in [-0.39, 0.29) is 5.91 Å². The van der Waals surface area contributed by atoms with E-state index >= 15 is 0 Å². The van der Waals surface area contributed by atoms with Gasteiger partial charge < -0.3 is 5.32 Å². The van der Waals surface area contributed by atoms with Crippen molar-refractivity contribution in [3.05, 3.63) is 42.5 Å². The van der Waals surface area contributed by atoms with Gasteiger partial charge in [0.25, 0.3) is 0 Å². The number of amides is 1. The van der Waals surface area contributed by atoms with Crippen LogP contribution in [0.1, 0.15) is 5.56 Å². The summed E-state index contributed by atoms with van der Waals surface area (Å²) in [6.45, 7) is 3.85. The monoisotopic (exact) mass is 253 g/mol. The molecule has 17 heavy (non-hydrogen) atoms. The zero-order valence-electron chi connectivity index (χ0n) is 9.64. The van der Waals surface area contributed by atoms with Crippen molar-refractivity contribution >= 4 is 15.7 Å². The number of carbonyl (C=O) groups excluding carboxylic acids is 1. The van der Waals surface area contributed by atoms with Gasteiger partial charge in [-0.3, -0.25) is 4.79 Å². The summed E-state index contributed by atoms with van der Waals surface area (Å²) in [5, 5.41) is 2.65. The van der Waals surface area contributed by atoms with Crippen molar-refractivity contribution in [1.29, 1.82) is 0 Å². The fourth-order valence-electron chi connectivity index (χ4n) is 1.31. The first-order valence-corrected chi connectivity index (χ1v) is 7.02. The van der Waals surface area contributed by atoms with Crippen molar-refractivity contribution in [3.8, 4) is 0 Å². The van der Waals surface area contributed by atoms with Crippen LogP contribution >= 0.6 is 0 Å². The molecule has 92 valence electrons. The number of hydrogen-bond acceptors (Lipinski definition) is 3. The van der Waals surface area contributed by atoms with Gasteiger partial charge in [0.05, 0.1) is 4.90 Å². The molecule has 0 aromatic heterocycles. The minimum Gasteiger partial charge on any atom is -0.352 e. The number of carbonyl (C=O) groups is 1. The molecule has 0 spiro atoms. The molecule has 1 aromatic rings. The van der Waals surface area contributed by atoms with Gasteiger partial charge in [0.2, 0.25) is 5.91 Å². The van der Waals surface area contributed by atoms with E-state index in [9.17, 15) is 13.2 Å². The van der Waals surface area contributed by atoms with Crippen LogP contribution in [-0.4, -0.2) is 27.1 Å². The van der Waals surface area contributed by atoms with Gasteiger partial charge in [0.15, 0.2) is 9.84 Å². The standard InChI is InChI=1S/C12H15NO3S/c1-3-12(14)13-9-8-10-4-6-11(7-5-10)17(2,15)16/h3-7H,1,8-9H2,2H3,(H,13,14). The van der Waals surface area contributed by atoms with Crippen molar-refractivity contribution in [1.82, 2.24) is 5.32 Å². The molecule has 4 nitrogen and oxygen atoms in total. The van der Waals surface area contributed by atoms with Crippen LogP contribution in [0.15, 0.2) is 41.8 Å². The summed E-state index contributed by atoms with van der Waals surface area (Å²) in [7, 11) is -3.14. The van der Waals surface area contributed by atoms with Crippen LogP contribution in [0.4, 0.5) is 0 Å². The Labute approximate surface area is 101 Å². The van der Waals surface area contributed by atoms with E-state index in [1.807, 2.05) is 0 Å². The van der Waals surface area contributed by atoms with Gasteiger partial charge in [-0.25, -0.2) is 8.42 Å². The Bertz CT molecular complexity index is 503. The zero-order valence-corrected chi connectivity index (χ0v) is 10.5. The molecule has 0 aliphatic rings. The maximum Gasteiger partial charge on any atom is 0.243 e. The molecule has 0 heterocycles. The van der Waals surface area contributed by atoms with Gasteiger partial charge in [-0.2, -0.15) is 0 Å². The molecule has 0 aliphatic heterocycles. The molecule has 0 radical (unpaired) electrons. The second-order valence-corrected chi connectivity index (χ2v) is 5.68. The van der Waals surface area contributed by atoms with Crippen molar-refractivity contribution in [2.45, 2.75) is 11.3 Å². The molecule has 0 saturated carbocycles. The van der Waals surface area contributed by atoms with Gasteiger partial charge in [-0.1, -0.05) is 18.7 Å². The van der Waals surface area contributed by atoms with Gasteiger partial charge in [-0.15, -0.1) is 0 Å². The second-order valence-electron chi connectivity index (χ2n) is 3.66. The van der Waals surface area contributed by atoms with E-state index in [0.29, 0.717) is 17.9 Å². The third kappa shape index (κ3) is 4.40. The molecule has 1 rings (SSSR count). The van der Waals surface area contributed by atoms with Gasteiger partial charge in [-0.05, 0) is 30.2 Å². The summed E-state index contributed by atoms with van der Waals surface area (Å²) in [4.78, 5) is 11.2. The Hall–Kier alpha value is -1.62. The average molecular weight is 253 g/mol. The quantitative estimate of drug-likeness (QED) is 0.794. The largest absolute Gasteiger partial charge is 0.352 e. The molecule has 1 aromatic carbocycles. The van der Waals surface area contributed by atoms with Crippen LogP contribution in [0.2, 0.25) is 0 Å².